The molecule has 3 aliphatic rings. The molecule has 2 aliphatic heterocycles. The Balaban J connectivity index is 1.52. The number of nitrogens with one attached hydrogen (secondary N) is 2. The second-order valence-corrected chi connectivity index (χ2v) is 6.15. The number of nitrogens with zero attached hydrogens (tertiary/aromatic N) is 1. The van der Waals surface area contributed by atoms with E-state index in [9.17, 15) is 4.79 Å². The molecule has 2 unspecified atom stereocenters. The highest BCUT2D eigenvalue weighted by atomic mass is 16.2. The van der Waals surface area contributed by atoms with Crippen LogP contribution in [0, 0.1) is 5.92 Å². The van der Waals surface area contributed by atoms with Crippen molar-refractivity contribution in [1.29, 1.82) is 0 Å². The van der Waals surface area contributed by atoms with Crippen molar-refractivity contribution in [1.82, 2.24) is 15.5 Å². The van der Waals surface area contributed by atoms with Crippen molar-refractivity contribution in [3.63, 3.8) is 0 Å². The lowest BCUT2D eigenvalue weighted by Gasteiger charge is -2.27. The van der Waals surface area contributed by atoms with Crippen LogP contribution in [0.5, 0.6) is 0 Å². The molecule has 4 nitrogen and oxygen atoms in total. The monoisotopic (exact) mass is 251 g/mol. The molecule has 2 atom stereocenters. The first kappa shape index (κ1) is 12.3. The molecule has 1 aliphatic carbocycles. The van der Waals surface area contributed by atoms with Crippen molar-refractivity contribution in [2.45, 2.75) is 57.0 Å². The maximum absolute atomic E-state index is 12.0. The summed E-state index contributed by atoms with van der Waals surface area (Å²) < 4.78 is 0. The second kappa shape index (κ2) is 5.47. The van der Waals surface area contributed by atoms with Crippen molar-refractivity contribution in [3.05, 3.63) is 0 Å². The minimum absolute atomic E-state index is 0.166. The van der Waals surface area contributed by atoms with Gasteiger partial charge in [0.2, 0.25) is 0 Å². The molecule has 102 valence electrons. The number of carbonyl (C=O) groups excluding carboxylic acids is 1. The van der Waals surface area contributed by atoms with Gasteiger partial charge in [-0.3, -0.25) is 0 Å². The Morgan fingerprint density at radius 3 is 2.67 bits per heavy atom. The number of rotatable bonds is 3. The Labute approximate surface area is 109 Å². The highest BCUT2D eigenvalue weighted by Crippen LogP contribution is 2.28. The fourth-order valence-corrected chi connectivity index (χ4v) is 3.76. The topological polar surface area (TPSA) is 44.4 Å². The molecule has 0 radical (unpaired) electrons. The lowest BCUT2D eigenvalue weighted by atomic mass is 9.84. The maximum atomic E-state index is 12.0. The van der Waals surface area contributed by atoms with Crippen LogP contribution in [0.1, 0.15) is 44.9 Å². The van der Waals surface area contributed by atoms with Gasteiger partial charge in [-0.25, -0.2) is 4.79 Å². The van der Waals surface area contributed by atoms with E-state index in [1.54, 1.807) is 0 Å². The summed E-state index contributed by atoms with van der Waals surface area (Å²) in [4.78, 5) is 14.0. The summed E-state index contributed by atoms with van der Waals surface area (Å²) >= 11 is 0. The largest absolute Gasteiger partial charge is 0.333 e. The third-order valence-corrected chi connectivity index (χ3v) is 4.84. The minimum atomic E-state index is 0.166. The second-order valence-electron chi connectivity index (χ2n) is 6.15. The fourth-order valence-electron chi connectivity index (χ4n) is 3.76. The van der Waals surface area contributed by atoms with Gasteiger partial charge in [-0.15, -0.1) is 0 Å². The zero-order valence-corrected chi connectivity index (χ0v) is 11.2. The van der Waals surface area contributed by atoms with E-state index in [0.29, 0.717) is 12.1 Å². The first-order valence-corrected chi connectivity index (χ1v) is 7.62. The van der Waals surface area contributed by atoms with Crippen LogP contribution in [-0.4, -0.2) is 42.6 Å². The summed E-state index contributed by atoms with van der Waals surface area (Å²) in [6.45, 7) is 2.95. The Hall–Kier alpha value is -0.770. The molecule has 0 aromatic heterocycles. The predicted molar refractivity (Wildman–Crippen MR) is 71.5 cm³/mol. The summed E-state index contributed by atoms with van der Waals surface area (Å²) in [7, 11) is 0. The molecule has 0 aromatic rings. The molecular weight excluding hydrogens is 226 g/mol. The molecule has 0 spiro atoms. The van der Waals surface area contributed by atoms with Gasteiger partial charge in [0.15, 0.2) is 0 Å². The quantitative estimate of drug-likeness (QED) is 0.802. The first-order valence-electron chi connectivity index (χ1n) is 7.62. The highest BCUT2D eigenvalue weighted by molar-refractivity contribution is 5.77. The van der Waals surface area contributed by atoms with Gasteiger partial charge < -0.3 is 15.5 Å². The lowest BCUT2D eigenvalue weighted by Crippen LogP contribution is -2.39. The fraction of sp³-hybridized carbons (Fsp3) is 0.929. The first-order chi connectivity index (χ1) is 8.83. The van der Waals surface area contributed by atoms with Gasteiger partial charge in [-0.1, -0.05) is 19.3 Å². The van der Waals surface area contributed by atoms with Crippen LogP contribution < -0.4 is 10.6 Å². The van der Waals surface area contributed by atoms with E-state index in [2.05, 4.69) is 10.6 Å². The van der Waals surface area contributed by atoms with Gasteiger partial charge in [0.05, 0.1) is 6.04 Å². The molecule has 0 aromatic carbocycles. The van der Waals surface area contributed by atoms with Gasteiger partial charge in [-0.2, -0.15) is 0 Å². The normalized spacial score (nSPS) is 34.0. The van der Waals surface area contributed by atoms with Gasteiger partial charge in [0.25, 0.3) is 0 Å². The van der Waals surface area contributed by atoms with E-state index in [1.807, 2.05) is 4.90 Å². The van der Waals surface area contributed by atoms with Crippen molar-refractivity contribution in [2.24, 2.45) is 5.92 Å². The Morgan fingerprint density at radius 2 is 1.94 bits per heavy atom. The average molecular weight is 251 g/mol. The van der Waals surface area contributed by atoms with Crippen LogP contribution >= 0.6 is 0 Å². The van der Waals surface area contributed by atoms with Crippen LogP contribution in [-0.2, 0) is 0 Å². The molecule has 1 saturated carbocycles. The van der Waals surface area contributed by atoms with E-state index in [1.165, 1.54) is 44.9 Å². The molecule has 2 amide bonds. The number of carbonyl (C=O) groups is 1. The summed E-state index contributed by atoms with van der Waals surface area (Å²) in [6, 6.07) is 1.11. The molecular formula is C14H25N3O. The molecule has 18 heavy (non-hydrogen) atoms. The van der Waals surface area contributed by atoms with Crippen LogP contribution in [0.15, 0.2) is 0 Å². The van der Waals surface area contributed by atoms with Crippen molar-refractivity contribution < 1.29 is 4.79 Å². The van der Waals surface area contributed by atoms with Crippen molar-refractivity contribution in [2.75, 3.05) is 19.6 Å². The zero-order chi connectivity index (χ0) is 12.4. The molecule has 3 rings (SSSR count). The van der Waals surface area contributed by atoms with Crippen molar-refractivity contribution >= 4 is 6.03 Å². The van der Waals surface area contributed by atoms with Crippen LogP contribution in [0.2, 0.25) is 0 Å². The predicted octanol–water partition coefficient (Wildman–Crippen LogP) is 1.71. The summed E-state index contributed by atoms with van der Waals surface area (Å²) in [5.74, 6) is 0.726. The average Bonchev–Trinajstić information content (AvgIpc) is 3.02. The van der Waals surface area contributed by atoms with E-state index in [0.717, 1.165) is 25.6 Å². The third-order valence-electron chi connectivity index (χ3n) is 4.84. The van der Waals surface area contributed by atoms with Gasteiger partial charge in [0.1, 0.15) is 0 Å². The van der Waals surface area contributed by atoms with E-state index >= 15 is 0 Å². The van der Waals surface area contributed by atoms with Crippen molar-refractivity contribution in [3.8, 4) is 0 Å². The Morgan fingerprint density at radius 1 is 1.11 bits per heavy atom. The van der Waals surface area contributed by atoms with Gasteiger partial charge >= 0.3 is 6.03 Å². The Kier molecular flexibility index (Phi) is 3.73. The van der Waals surface area contributed by atoms with Crippen LogP contribution in [0.4, 0.5) is 4.79 Å². The highest BCUT2D eigenvalue weighted by Gasteiger charge is 2.35. The number of amides is 2. The number of hydrogen-bond acceptors (Lipinski definition) is 2. The summed E-state index contributed by atoms with van der Waals surface area (Å²) in [5, 5.41) is 6.68. The molecule has 3 fully saturated rings. The van der Waals surface area contributed by atoms with Gasteiger partial charge in [-0.05, 0) is 38.1 Å². The standard InChI is InChI=1S/C14H25N3O/c18-14-16-13(11-5-2-1-3-6-11)10-17(14)9-12-7-4-8-15-12/h11-13,15H,1-10H2,(H,16,18). The van der Waals surface area contributed by atoms with E-state index in [-0.39, 0.29) is 6.03 Å². The molecule has 2 N–H and O–H groups in total. The zero-order valence-electron chi connectivity index (χ0n) is 11.2. The SMILES string of the molecule is O=C1NC(C2CCCCC2)CN1CC1CCCN1. The molecule has 2 heterocycles. The Bertz CT molecular complexity index is 295. The van der Waals surface area contributed by atoms with Crippen LogP contribution in [0.3, 0.4) is 0 Å². The third kappa shape index (κ3) is 2.63. The smallest absolute Gasteiger partial charge is 0.317 e. The molecule has 0 bridgehead atoms. The number of hydrogen-bond donors (Lipinski definition) is 2. The lowest BCUT2D eigenvalue weighted by molar-refractivity contribution is 0.212. The maximum Gasteiger partial charge on any atom is 0.317 e. The van der Waals surface area contributed by atoms with Crippen LogP contribution in [0.25, 0.3) is 0 Å². The van der Waals surface area contributed by atoms with Gasteiger partial charge in [0, 0.05) is 19.1 Å². The minimum Gasteiger partial charge on any atom is -0.333 e. The summed E-state index contributed by atoms with van der Waals surface area (Å²) in [5.41, 5.74) is 0. The number of urea groups is 1. The molecule has 2 saturated heterocycles. The molecule has 4 heteroatoms. The summed E-state index contributed by atoms with van der Waals surface area (Å²) in [6.07, 6.45) is 9.17. The van der Waals surface area contributed by atoms with E-state index < -0.39 is 0 Å². The van der Waals surface area contributed by atoms with E-state index in [4.69, 9.17) is 0 Å².